The zero-order valence-corrected chi connectivity index (χ0v) is 15.7. The lowest BCUT2D eigenvalue weighted by Crippen LogP contribution is -2.32. The summed E-state index contributed by atoms with van der Waals surface area (Å²) < 4.78 is 73.1. The van der Waals surface area contributed by atoms with Crippen molar-refractivity contribution in [2.24, 2.45) is 0 Å². The molecule has 3 aromatic heterocycles. The van der Waals surface area contributed by atoms with E-state index >= 15 is 0 Å². The SMILES string of the molecule is O=S(=O)(NCC1CCCO1)c1cnc2ccc(-c3cncc(C(F)(F)F)c3)nn12. The molecule has 0 aliphatic carbocycles. The number of rotatable bonds is 5. The number of sulfonamides is 1. The zero-order valence-electron chi connectivity index (χ0n) is 14.9. The predicted molar refractivity (Wildman–Crippen MR) is 95.4 cm³/mol. The smallest absolute Gasteiger partial charge is 0.377 e. The third-order valence-corrected chi connectivity index (χ3v) is 5.87. The van der Waals surface area contributed by atoms with Gasteiger partial charge in [0, 0.05) is 31.1 Å². The van der Waals surface area contributed by atoms with Crippen molar-refractivity contribution in [1.82, 2.24) is 24.3 Å². The maximum Gasteiger partial charge on any atom is 0.417 e. The molecule has 29 heavy (non-hydrogen) atoms. The highest BCUT2D eigenvalue weighted by Crippen LogP contribution is 2.31. The van der Waals surface area contributed by atoms with Crippen LogP contribution >= 0.6 is 0 Å². The van der Waals surface area contributed by atoms with Gasteiger partial charge in [0.15, 0.2) is 10.7 Å². The van der Waals surface area contributed by atoms with E-state index in [1.165, 1.54) is 18.3 Å². The van der Waals surface area contributed by atoms with Crippen molar-refractivity contribution in [3.05, 3.63) is 42.4 Å². The number of aromatic nitrogens is 4. The lowest BCUT2D eigenvalue weighted by molar-refractivity contribution is -0.137. The Balaban J connectivity index is 1.68. The number of halogens is 3. The lowest BCUT2D eigenvalue weighted by Gasteiger charge is -2.11. The van der Waals surface area contributed by atoms with Gasteiger partial charge in [0.2, 0.25) is 0 Å². The molecule has 0 saturated carbocycles. The van der Waals surface area contributed by atoms with Gasteiger partial charge in [-0.2, -0.15) is 18.3 Å². The van der Waals surface area contributed by atoms with E-state index in [1.807, 2.05) is 0 Å². The Hall–Kier alpha value is -2.57. The predicted octanol–water partition coefficient (Wildman–Crippen LogP) is 2.27. The summed E-state index contributed by atoms with van der Waals surface area (Å²) >= 11 is 0. The van der Waals surface area contributed by atoms with Crippen LogP contribution in [0.4, 0.5) is 13.2 Å². The largest absolute Gasteiger partial charge is 0.417 e. The summed E-state index contributed by atoms with van der Waals surface area (Å²) in [5.74, 6) is 0. The van der Waals surface area contributed by atoms with Crippen LogP contribution in [0.25, 0.3) is 16.9 Å². The van der Waals surface area contributed by atoms with Crippen molar-refractivity contribution >= 4 is 15.7 Å². The summed E-state index contributed by atoms with van der Waals surface area (Å²) in [6.45, 7) is 0.713. The average molecular weight is 427 g/mol. The first-order chi connectivity index (χ1) is 13.7. The Morgan fingerprint density at radius 3 is 2.79 bits per heavy atom. The molecular weight excluding hydrogens is 411 g/mol. The molecule has 1 aliphatic heterocycles. The lowest BCUT2D eigenvalue weighted by atomic mass is 10.1. The Labute approximate surface area is 163 Å². The van der Waals surface area contributed by atoms with Gasteiger partial charge in [-0.1, -0.05) is 0 Å². The minimum Gasteiger partial charge on any atom is -0.377 e. The molecule has 1 saturated heterocycles. The zero-order chi connectivity index (χ0) is 20.6. The number of ether oxygens (including phenoxy) is 1. The van der Waals surface area contributed by atoms with Crippen LogP contribution < -0.4 is 4.72 Å². The third kappa shape index (κ3) is 4.09. The van der Waals surface area contributed by atoms with Crippen LogP contribution in [-0.2, 0) is 20.9 Å². The molecule has 1 unspecified atom stereocenters. The minimum absolute atomic E-state index is 0.103. The number of nitrogens with zero attached hydrogens (tertiary/aromatic N) is 4. The van der Waals surface area contributed by atoms with Crippen molar-refractivity contribution in [3.8, 4) is 11.3 Å². The molecule has 1 aliphatic rings. The van der Waals surface area contributed by atoms with Crippen molar-refractivity contribution in [3.63, 3.8) is 0 Å². The number of imidazole rings is 1. The second-order valence-electron chi connectivity index (χ2n) is 6.53. The molecule has 3 aromatic rings. The average Bonchev–Trinajstić information content (AvgIpc) is 3.35. The number of hydrogen-bond donors (Lipinski definition) is 1. The first-order valence-electron chi connectivity index (χ1n) is 8.73. The van der Waals surface area contributed by atoms with Gasteiger partial charge >= 0.3 is 6.18 Å². The van der Waals surface area contributed by atoms with Crippen LogP contribution in [0.3, 0.4) is 0 Å². The second-order valence-corrected chi connectivity index (χ2v) is 8.25. The third-order valence-electron chi connectivity index (χ3n) is 4.49. The molecule has 0 bridgehead atoms. The number of pyridine rings is 1. The molecule has 0 radical (unpaired) electrons. The monoisotopic (exact) mass is 427 g/mol. The molecule has 4 rings (SSSR count). The molecule has 1 fully saturated rings. The summed E-state index contributed by atoms with van der Waals surface area (Å²) in [7, 11) is -3.95. The molecule has 154 valence electrons. The number of fused-ring (bicyclic) bond motifs is 1. The summed E-state index contributed by atoms with van der Waals surface area (Å²) in [5, 5.41) is 3.96. The van der Waals surface area contributed by atoms with Gasteiger partial charge in [-0.3, -0.25) is 4.98 Å². The van der Waals surface area contributed by atoms with E-state index in [-0.39, 0.29) is 34.6 Å². The highest BCUT2D eigenvalue weighted by Gasteiger charge is 2.31. The topological polar surface area (TPSA) is 98.5 Å². The van der Waals surface area contributed by atoms with Gasteiger partial charge in [-0.05, 0) is 31.0 Å². The Kier molecular flexibility index (Phi) is 5.00. The summed E-state index contributed by atoms with van der Waals surface area (Å²) in [4.78, 5) is 7.62. The number of alkyl halides is 3. The fourth-order valence-electron chi connectivity index (χ4n) is 3.01. The van der Waals surface area contributed by atoms with Gasteiger partial charge in [0.1, 0.15) is 0 Å². The first kappa shape index (κ1) is 19.7. The number of nitrogens with one attached hydrogen (secondary N) is 1. The Morgan fingerprint density at radius 2 is 2.07 bits per heavy atom. The molecular formula is C17H16F3N5O3S. The quantitative estimate of drug-likeness (QED) is 0.671. The molecule has 0 amide bonds. The fourth-order valence-corrected chi connectivity index (χ4v) is 4.11. The van der Waals surface area contributed by atoms with Gasteiger partial charge in [-0.15, -0.1) is 0 Å². The summed E-state index contributed by atoms with van der Waals surface area (Å²) in [6.07, 6.45) is -0.0203. The van der Waals surface area contributed by atoms with Crippen molar-refractivity contribution in [2.75, 3.05) is 13.2 Å². The van der Waals surface area contributed by atoms with E-state index in [4.69, 9.17) is 4.74 Å². The maximum atomic E-state index is 12.9. The number of hydrogen-bond acceptors (Lipinski definition) is 6. The second kappa shape index (κ2) is 7.35. The minimum atomic E-state index is -4.55. The van der Waals surface area contributed by atoms with E-state index in [0.717, 1.165) is 29.6 Å². The van der Waals surface area contributed by atoms with Crippen LogP contribution in [0.2, 0.25) is 0 Å². The van der Waals surface area contributed by atoms with Crippen molar-refractivity contribution in [1.29, 1.82) is 0 Å². The normalized spacial score (nSPS) is 17.8. The van der Waals surface area contributed by atoms with E-state index in [0.29, 0.717) is 12.8 Å². The van der Waals surface area contributed by atoms with Gasteiger partial charge < -0.3 is 4.74 Å². The highest BCUT2D eigenvalue weighted by molar-refractivity contribution is 7.89. The van der Waals surface area contributed by atoms with E-state index < -0.39 is 21.8 Å². The van der Waals surface area contributed by atoms with Gasteiger partial charge in [-0.25, -0.2) is 22.6 Å². The Bertz CT molecular complexity index is 1140. The van der Waals surface area contributed by atoms with E-state index in [9.17, 15) is 21.6 Å². The van der Waals surface area contributed by atoms with Crippen LogP contribution in [-0.4, -0.2) is 47.3 Å². The molecule has 1 N–H and O–H groups in total. The van der Waals surface area contributed by atoms with Crippen LogP contribution in [0, 0.1) is 0 Å². The standard InChI is InChI=1S/C17H16F3N5O3S/c18-17(19,20)12-6-11(7-21-8-12)14-3-4-15-22-10-16(25(15)24-14)29(26,27)23-9-13-2-1-5-28-13/h3-4,6-8,10,13,23H,1-2,5,9H2. The van der Waals surface area contributed by atoms with E-state index in [2.05, 4.69) is 19.8 Å². The first-order valence-corrected chi connectivity index (χ1v) is 10.2. The molecule has 1 atom stereocenters. The van der Waals surface area contributed by atoms with Crippen molar-refractivity contribution < 1.29 is 26.3 Å². The molecule has 0 spiro atoms. The molecule has 12 heteroatoms. The highest BCUT2D eigenvalue weighted by atomic mass is 32.2. The Morgan fingerprint density at radius 1 is 1.24 bits per heavy atom. The molecule has 0 aromatic carbocycles. The van der Waals surface area contributed by atoms with E-state index in [1.54, 1.807) is 0 Å². The van der Waals surface area contributed by atoms with Crippen LogP contribution in [0.1, 0.15) is 18.4 Å². The van der Waals surface area contributed by atoms with Crippen LogP contribution in [0.5, 0.6) is 0 Å². The van der Waals surface area contributed by atoms with Crippen molar-refractivity contribution in [2.45, 2.75) is 30.1 Å². The van der Waals surface area contributed by atoms with Gasteiger partial charge in [0.25, 0.3) is 10.0 Å². The maximum absolute atomic E-state index is 12.9. The fraction of sp³-hybridized carbons (Fsp3) is 0.353. The summed E-state index contributed by atoms with van der Waals surface area (Å²) in [6, 6.07) is 3.83. The molecule has 8 nitrogen and oxygen atoms in total. The summed E-state index contributed by atoms with van der Waals surface area (Å²) in [5.41, 5.74) is -0.449. The molecule has 4 heterocycles. The van der Waals surface area contributed by atoms with Gasteiger partial charge in [0.05, 0.1) is 23.6 Å². The van der Waals surface area contributed by atoms with Crippen LogP contribution in [0.15, 0.2) is 41.8 Å².